The molecule has 3 amide bonds. The standard InChI is InChI=1S/C22H25Cl2N3O4/c1-14(2)12-18(25-20(28)16-6-5-15(23)13-17(16)24)21(29)26-7-9-27(10-8-26)22(30)19-4-3-11-31-19/h3-6,11,13-14,18H,7-10,12H2,1-2H3,(H,25,28). The fourth-order valence-corrected chi connectivity index (χ4v) is 4.00. The van der Waals surface area contributed by atoms with Crippen molar-refractivity contribution in [2.45, 2.75) is 26.3 Å². The zero-order valence-corrected chi connectivity index (χ0v) is 18.9. The molecule has 1 aromatic heterocycles. The number of carbonyl (C=O) groups excluding carboxylic acids is 3. The lowest BCUT2D eigenvalue weighted by molar-refractivity contribution is -0.135. The van der Waals surface area contributed by atoms with Crippen LogP contribution >= 0.6 is 23.2 Å². The van der Waals surface area contributed by atoms with Crippen LogP contribution < -0.4 is 5.32 Å². The SMILES string of the molecule is CC(C)CC(NC(=O)c1ccc(Cl)cc1Cl)C(=O)N1CCN(C(=O)c2ccco2)CC1. The van der Waals surface area contributed by atoms with Gasteiger partial charge in [-0.25, -0.2) is 0 Å². The maximum Gasteiger partial charge on any atom is 0.289 e. The normalized spacial score (nSPS) is 15.1. The minimum atomic E-state index is -0.688. The van der Waals surface area contributed by atoms with Crippen LogP contribution in [-0.4, -0.2) is 59.7 Å². The Bertz CT molecular complexity index is 938. The number of carbonyl (C=O) groups is 3. The van der Waals surface area contributed by atoms with Crippen LogP contribution in [0.5, 0.6) is 0 Å². The topological polar surface area (TPSA) is 82.9 Å². The largest absolute Gasteiger partial charge is 0.459 e. The van der Waals surface area contributed by atoms with Gasteiger partial charge in [0, 0.05) is 31.2 Å². The molecule has 9 heteroatoms. The molecule has 0 spiro atoms. The van der Waals surface area contributed by atoms with E-state index in [1.807, 2.05) is 13.8 Å². The van der Waals surface area contributed by atoms with Gasteiger partial charge < -0.3 is 19.5 Å². The molecule has 1 saturated heterocycles. The number of hydrogen-bond acceptors (Lipinski definition) is 4. The van der Waals surface area contributed by atoms with Gasteiger partial charge in [0.05, 0.1) is 16.8 Å². The molecule has 3 rings (SSSR count). The Balaban J connectivity index is 1.64. The highest BCUT2D eigenvalue weighted by atomic mass is 35.5. The van der Waals surface area contributed by atoms with E-state index >= 15 is 0 Å². The Hall–Kier alpha value is -2.51. The zero-order chi connectivity index (χ0) is 22.5. The number of hydrogen-bond donors (Lipinski definition) is 1. The van der Waals surface area contributed by atoms with Gasteiger partial charge in [-0.2, -0.15) is 0 Å². The number of nitrogens with one attached hydrogen (secondary N) is 1. The van der Waals surface area contributed by atoms with Crippen LogP contribution in [0.3, 0.4) is 0 Å². The van der Waals surface area contributed by atoms with E-state index in [0.29, 0.717) is 37.6 Å². The van der Waals surface area contributed by atoms with Crippen LogP contribution in [0, 0.1) is 5.92 Å². The first-order valence-corrected chi connectivity index (χ1v) is 10.9. The van der Waals surface area contributed by atoms with E-state index in [-0.39, 0.29) is 34.1 Å². The number of benzene rings is 1. The molecule has 0 aliphatic carbocycles. The smallest absolute Gasteiger partial charge is 0.289 e. The lowest BCUT2D eigenvalue weighted by Gasteiger charge is -2.36. The molecule has 2 heterocycles. The summed E-state index contributed by atoms with van der Waals surface area (Å²) in [7, 11) is 0. The van der Waals surface area contributed by atoms with E-state index in [0.717, 1.165) is 0 Å². The van der Waals surface area contributed by atoms with Crippen molar-refractivity contribution in [2.24, 2.45) is 5.92 Å². The summed E-state index contributed by atoms with van der Waals surface area (Å²) in [5, 5.41) is 3.48. The van der Waals surface area contributed by atoms with E-state index in [4.69, 9.17) is 27.6 Å². The van der Waals surface area contributed by atoms with Gasteiger partial charge in [-0.3, -0.25) is 14.4 Å². The molecule has 1 aliphatic heterocycles. The number of nitrogens with zero attached hydrogens (tertiary/aromatic N) is 2. The molecule has 0 radical (unpaired) electrons. The number of amides is 3. The fraction of sp³-hybridized carbons (Fsp3) is 0.409. The number of halogens is 2. The van der Waals surface area contributed by atoms with Crippen LogP contribution in [0.4, 0.5) is 0 Å². The van der Waals surface area contributed by atoms with Crippen molar-refractivity contribution in [3.05, 3.63) is 58.0 Å². The summed E-state index contributed by atoms with van der Waals surface area (Å²) in [6.45, 7) is 5.55. The second-order valence-electron chi connectivity index (χ2n) is 7.87. The third-order valence-corrected chi connectivity index (χ3v) is 5.64. The minimum Gasteiger partial charge on any atom is -0.459 e. The molecule has 0 saturated carbocycles. The van der Waals surface area contributed by atoms with E-state index in [9.17, 15) is 14.4 Å². The van der Waals surface area contributed by atoms with Crippen molar-refractivity contribution in [1.29, 1.82) is 0 Å². The molecule has 7 nitrogen and oxygen atoms in total. The van der Waals surface area contributed by atoms with Gasteiger partial charge in [-0.15, -0.1) is 0 Å². The molecular formula is C22H25Cl2N3O4. The van der Waals surface area contributed by atoms with Crippen LogP contribution in [0.15, 0.2) is 41.0 Å². The summed E-state index contributed by atoms with van der Waals surface area (Å²) < 4.78 is 5.17. The maximum absolute atomic E-state index is 13.2. The van der Waals surface area contributed by atoms with Crippen molar-refractivity contribution in [2.75, 3.05) is 26.2 Å². The fourth-order valence-electron chi connectivity index (χ4n) is 3.51. The van der Waals surface area contributed by atoms with Crippen LogP contribution in [-0.2, 0) is 4.79 Å². The molecular weight excluding hydrogens is 441 g/mol. The van der Waals surface area contributed by atoms with Crippen molar-refractivity contribution in [1.82, 2.24) is 15.1 Å². The molecule has 1 aliphatic rings. The Morgan fingerprint density at radius 1 is 1.06 bits per heavy atom. The Kier molecular flexibility index (Phi) is 7.62. The van der Waals surface area contributed by atoms with Gasteiger partial charge in [0.25, 0.3) is 11.8 Å². The quantitative estimate of drug-likeness (QED) is 0.704. The summed E-state index contributed by atoms with van der Waals surface area (Å²) in [5.41, 5.74) is 0.265. The van der Waals surface area contributed by atoms with Gasteiger partial charge in [0.1, 0.15) is 6.04 Å². The van der Waals surface area contributed by atoms with Gasteiger partial charge in [0.2, 0.25) is 5.91 Å². The molecule has 1 unspecified atom stereocenters. The summed E-state index contributed by atoms with van der Waals surface area (Å²) >= 11 is 12.0. The predicted octanol–water partition coefficient (Wildman–Crippen LogP) is 3.72. The number of piperazine rings is 1. The van der Waals surface area contributed by atoms with Gasteiger partial charge in [-0.05, 0) is 42.7 Å². The molecule has 166 valence electrons. The van der Waals surface area contributed by atoms with Crippen molar-refractivity contribution < 1.29 is 18.8 Å². The Morgan fingerprint density at radius 3 is 2.32 bits per heavy atom. The first-order chi connectivity index (χ1) is 14.8. The second-order valence-corrected chi connectivity index (χ2v) is 8.72. The number of furan rings is 1. The monoisotopic (exact) mass is 465 g/mol. The molecule has 1 N–H and O–H groups in total. The Morgan fingerprint density at radius 2 is 1.74 bits per heavy atom. The number of rotatable bonds is 6. The lowest BCUT2D eigenvalue weighted by atomic mass is 10.0. The third kappa shape index (κ3) is 5.80. The summed E-state index contributed by atoms with van der Waals surface area (Å²) in [5.74, 6) is -0.313. The van der Waals surface area contributed by atoms with E-state index < -0.39 is 11.9 Å². The molecule has 1 fully saturated rings. The summed E-state index contributed by atoms with van der Waals surface area (Å²) in [6, 6.07) is 7.21. The van der Waals surface area contributed by atoms with Gasteiger partial charge in [-0.1, -0.05) is 37.0 Å². The van der Waals surface area contributed by atoms with E-state index in [2.05, 4.69) is 5.32 Å². The zero-order valence-electron chi connectivity index (χ0n) is 17.4. The third-order valence-electron chi connectivity index (χ3n) is 5.10. The highest BCUT2D eigenvalue weighted by Gasteiger charge is 2.31. The molecule has 31 heavy (non-hydrogen) atoms. The predicted molar refractivity (Wildman–Crippen MR) is 118 cm³/mol. The average Bonchev–Trinajstić information content (AvgIpc) is 3.27. The second kappa shape index (κ2) is 10.2. The first kappa shape index (κ1) is 23.2. The lowest BCUT2D eigenvalue weighted by Crippen LogP contribution is -2.56. The van der Waals surface area contributed by atoms with Crippen molar-refractivity contribution in [3.8, 4) is 0 Å². The van der Waals surface area contributed by atoms with E-state index in [1.165, 1.54) is 18.4 Å². The molecule has 1 aromatic carbocycles. The summed E-state index contributed by atoms with van der Waals surface area (Å²) in [4.78, 5) is 41.7. The van der Waals surface area contributed by atoms with Crippen molar-refractivity contribution >= 4 is 40.9 Å². The van der Waals surface area contributed by atoms with Crippen LogP contribution in [0.2, 0.25) is 10.0 Å². The average molecular weight is 466 g/mol. The van der Waals surface area contributed by atoms with Gasteiger partial charge in [0.15, 0.2) is 5.76 Å². The van der Waals surface area contributed by atoms with Crippen LogP contribution in [0.1, 0.15) is 41.2 Å². The highest BCUT2D eigenvalue weighted by molar-refractivity contribution is 6.36. The molecule has 1 atom stereocenters. The van der Waals surface area contributed by atoms with E-state index in [1.54, 1.807) is 28.0 Å². The van der Waals surface area contributed by atoms with Crippen LogP contribution in [0.25, 0.3) is 0 Å². The summed E-state index contributed by atoms with van der Waals surface area (Å²) in [6.07, 6.45) is 1.94. The van der Waals surface area contributed by atoms with Crippen molar-refractivity contribution in [3.63, 3.8) is 0 Å². The highest BCUT2D eigenvalue weighted by Crippen LogP contribution is 2.21. The van der Waals surface area contributed by atoms with Gasteiger partial charge >= 0.3 is 0 Å². The molecule has 2 aromatic rings. The minimum absolute atomic E-state index is 0.169. The Labute approximate surface area is 191 Å². The maximum atomic E-state index is 13.2. The molecule has 0 bridgehead atoms. The first-order valence-electron chi connectivity index (χ1n) is 10.1.